The fourth-order valence-electron chi connectivity index (χ4n) is 3.06. The van der Waals surface area contributed by atoms with Crippen LogP contribution in [0, 0.1) is 0 Å². The number of halogens is 1. The minimum atomic E-state index is -0.344. The molecular formula is C25H21ClN4O4. The van der Waals surface area contributed by atoms with Crippen molar-refractivity contribution in [3.8, 4) is 17.2 Å². The van der Waals surface area contributed by atoms with Crippen molar-refractivity contribution >= 4 is 29.1 Å². The average Bonchev–Trinajstić information content (AvgIpc) is 3.32. The molecule has 0 fully saturated rings. The van der Waals surface area contributed by atoms with E-state index in [0.717, 1.165) is 11.1 Å². The van der Waals surface area contributed by atoms with E-state index in [1.165, 1.54) is 0 Å². The molecule has 0 aliphatic heterocycles. The highest BCUT2D eigenvalue weighted by Gasteiger charge is 2.10. The van der Waals surface area contributed by atoms with E-state index in [1.807, 2.05) is 30.3 Å². The Morgan fingerprint density at radius 2 is 1.71 bits per heavy atom. The topological polar surface area (TPSA) is 106 Å². The zero-order valence-electron chi connectivity index (χ0n) is 18.0. The zero-order valence-corrected chi connectivity index (χ0v) is 18.8. The van der Waals surface area contributed by atoms with Gasteiger partial charge in [0.1, 0.15) is 5.75 Å². The Labute approximate surface area is 200 Å². The molecule has 2 N–H and O–H groups in total. The maximum absolute atomic E-state index is 12.2. The maximum atomic E-state index is 12.2. The number of nitrogens with zero attached hydrogens (tertiary/aromatic N) is 2. The van der Waals surface area contributed by atoms with Crippen LogP contribution in [-0.2, 0) is 22.6 Å². The molecule has 4 rings (SSSR count). The largest absolute Gasteiger partial charge is 0.484 e. The smallest absolute Gasteiger partial charge is 0.254 e. The number of carbonyl (C=O) groups is 2. The number of rotatable bonds is 9. The summed E-state index contributed by atoms with van der Waals surface area (Å²) >= 11 is 5.90. The molecule has 0 saturated heterocycles. The van der Waals surface area contributed by atoms with Gasteiger partial charge in [-0.25, -0.2) is 0 Å². The quantitative estimate of drug-likeness (QED) is 0.373. The van der Waals surface area contributed by atoms with E-state index in [4.69, 9.17) is 20.8 Å². The molecule has 3 aromatic carbocycles. The summed E-state index contributed by atoms with van der Waals surface area (Å²) in [5.41, 5.74) is 2.17. The Morgan fingerprint density at radius 1 is 0.912 bits per heavy atom. The number of aromatic nitrogens is 2. The number of amides is 2. The van der Waals surface area contributed by atoms with Crippen LogP contribution in [0.4, 0.5) is 5.69 Å². The van der Waals surface area contributed by atoms with Crippen molar-refractivity contribution in [2.75, 3.05) is 11.9 Å². The summed E-state index contributed by atoms with van der Waals surface area (Å²) in [6, 6.07) is 23.3. The van der Waals surface area contributed by atoms with Crippen molar-refractivity contribution in [2.24, 2.45) is 0 Å². The summed E-state index contributed by atoms with van der Waals surface area (Å²) in [6.07, 6.45) is 0.215. The lowest BCUT2D eigenvalue weighted by molar-refractivity contribution is -0.123. The second kappa shape index (κ2) is 11.1. The van der Waals surface area contributed by atoms with E-state index >= 15 is 0 Å². The van der Waals surface area contributed by atoms with E-state index in [2.05, 4.69) is 20.8 Å². The van der Waals surface area contributed by atoms with E-state index in [-0.39, 0.29) is 31.4 Å². The predicted octanol–water partition coefficient (Wildman–Crippen LogP) is 4.27. The Kier molecular flexibility index (Phi) is 7.52. The normalized spacial score (nSPS) is 10.5. The first-order valence-electron chi connectivity index (χ1n) is 10.5. The molecule has 0 saturated carbocycles. The first-order valence-corrected chi connectivity index (χ1v) is 10.8. The number of carbonyl (C=O) groups excluding carboxylic acids is 2. The van der Waals surface area contributed by atoms with Crippen LogP contribution in [0.5, 0.6) is 5.75 Å². The molecule has 9 heteroatoms. The van der Waals surface area contributed by atoms with Crippen molar-refractivity contribution in [3.63, 3.8) is 0 Å². The SMILES string of the molecule is O=C(Cc1ccccc1)NCC(=O)Nc1cccc(OCc2nnc(-c3ccc(Cl)cc3)o2)c1. The van der Waals surface area contributed by atoms with E-state index in [0.29, 0.717) is 28.2 Å². The van der Waals surface area contributed by atoms with Crippen LogP contribution in [0.15, 0.2) is 83.3 Å². The number of hydrogen-bond acceptors (Lipinski definition) is 6. The fourth-order valence-corrected chi connectivity index (χ4v) is 3.18. The molecule has 0 unspecified atom stereocenters. The second-order valence-corrected chi connectivity index (χ2v) is 7.75. The third-order valence-corrected chi connectivity index (χ3v) is 4.94. The maximum Gasteiger partial charge on any atom is 0.254 e. The number of benzene rings is 3. The first kappa shape index (κ1) is 23.0. The number of nitrogens with one attached hydrogen (secondary N) is 2. The number of ether oxygens (including phenoxy) is 1. The lowest BCUT2D eigenvalue weighted by Gasteiger charge is -2.09. The van der Waals surface area contributed by atoms with E-state index in [1.54, 1.807) is 48.5 Å². The fraction of sp³-hybridized carbons (Fsp3) is 0.120. The third kappa shape index (κ3) is 6.66. The molecule has 1 aromatic heterocycles. The predicted molar refractivity (Wildman–Crippen MR) is 127 cm³/mol. The van der Waals surface area contributed by atoms with Gasteiger partial charge in [0.2, 0.25) is 17.7 Å². The molecule has 0 aliphatic rings. The molecule has 0 spiro atoms. The van der Waals surface area contributed by atoms with Gasteiger partial charge in [-0.1, -0.05) is 48.0 Å². The third-order valence-electron chi connectivity index (χ3n) is 4.69. The van der Waals surface area contributed by atoms with E-state index < -0.39 is 0 Å². The van der Waals surface area contributed by atoms with Crippen molar-refractivity contribution in [3.05, 3.63) is 95.3 Å². The van der Waals surface area contributed by atoms with Crippen molar-refractivity contribution in [1.29, 1.82) is 0 Å². The zero-order chi connectivity index (χ0) is 23.8. The summed E-state index contributed by atoms with van der Waals surface area (Å²) in [6.45, 7) is -0.0697. The van der Waals surface area contributed by atoms with Gasteiger partial charge < -0.3 is 19.8 Å². The van der Waals surface area contributed by atoms with Crippen LogP contribution < -0.4 is 15.4 Å². The van der Waals surface area contributed by atoms with Crippen LogP contribution in [-0.4, -0.2) is 28.6 Å². The Hall–Kier alpha value is -4.17. The second-order valence-electron chi connectivity index (χ2n) is 7.31. The van der Waals surface area contributed by atoms with Crippen LogP contribution >= 0.6 is 11.6 Å². The molecule has 172 valence electrons. The van der Waals surface area contributed by atoms with Gasteiger partial charge in [-0.15, -0.1) is 10.2 Å². The molecule has 2 amide bonds. The van der Waals surface area contributed by atoms with Gasteiger partial charge in [0.25, 0.3) is 5.89 Å². The molecule has 0 radical (unpaired) electrons. The summed E-state index contributed by atoms with van der Waals surface area (Å²) in [5.74, 6) is 0.613. The first-order chi connectivity index (χ1) is 16.5. The van der Waals surface area contributed by atoms with Gasteiger partial charge in [-0.3, -0.25) is 9.59 Å². The highest BCUT2D eigenvalue weighted by Crippen LogP contribution is 2.22. The van der Waals surface area contributed by atoms with E-state index in [9.17, 15) is 9.59 Å². The van der Waals surface area contributed by atoms with Gasteiger partial charge in [0, 0.05) is 22.3 Å². The molecule has 8 nitrogen and oxygen atoms in total. The van der Waals surface area contributed by atoms with Crippen LogP contribution in [0.1, 0.15) is 11.5 Å². The number of anilines is 1. The summed E-state index contributed by atoms with van der Waals surface area (Å²) < 4.78 is 11.3. The van der Waals surface area contributed by atoms with Crippen LogP contribution in [0.2, 0.25) is 5.02 Å². The lowest BCUT2D eigenvalue weighted by Crippen LogP contribution is -2.33. The lowest BCUT2D eigenvalue weighted by atomic mass is 10.1. The van der Waals surface area contributed by atoms with Crippen molar-refractivity contribution < 1.29 is 18.7 Å². The molecular weight excluding hydrogens is 456 g/mol. The Morgan fingerprint density at radius 3 is 2.50 bits per heavy atom. The molecule has 0 atom stereocenters. The van der Waals surface area contributed by atoms with Gasteiger partial charge >= 0.3 is 0 Å². The molecule has 0 aliphatic carbocycles. The van der Waals surface area contributed by atoms with Crippen LogP contribution in [0.25, 0.3) is 11.5 Å². The number of hydrogen-bond donors (Lipinski definition) is 2. The molecule has 1 heterocycles. The summed E-state index contributed by atoms with van der Waals surface area (Å²) in [7, 11) is 0. The summed E-state index contributed by atoms with van der Waals surface area (Å²) in [4.78, 5) is 24.2. The van der Waals surface area contributed by atoms with Crippen molar-refractivity contribution in [1.82, 2.24) is 15.5 Å². The van der Waals surface area contributed by atoms with Gasteiger partial charge in [-0.2, -0.15) is 0 Å². The van der Waals surface area contributed by atoms with Crippen molar-refractivity contribution in [2.45, 2.75) is 13.0 Å². The molecule has 34 heavy (non-hydrogen) atoms. The van der Waals surface area contributed by atoms with Crippen LogP contribution in [0.3, 0.4) is 0 Å². The Balaban J connectivity index is 1.25. The highest BCUT2D eigenvalue weighted by atomic mass is 35.5. The monoisotopic (exact) mass is 476 g/mol. The standard InChI is InChI=1S/C25H21ClN4O4/c26-19-11-9-18(10-12-19)25-30-29-24(34-25)16-33-21-8-4-7-20(14-21)28-23(32)15-27-22(31)13-17-5-2-1-3-6-17/h1-12,14H,13,15-16H2,(H,27,31)(H,28,32). The van der Waals surface area contributed by atoms with Gasteiger partial charge in [-0.05, 0) is 42.0 Å². The van der Waals surface area contributed by atoms with Gasteiger partial charge in [0.15, 0.2) is 6.61 Å². The summed E-state index contributed by atoms with van der Waals surface area (Å²) in [5, 5.41) is 14.0. The molecule has 0 bridgehead atoms. The minimum absolute atomic E-state index is 0.0630. The Bertz CT molecular complexity index is 1260. The minimum Gasteiger partial charge on any atom is -0.484 e. The average molecular weight is 477 g/mol. The van der Waals surface area contributed by atoms with Gasteiger partial charge in [0.05, 0.1) is 13.0 Å². The molecule has 4 aromatic rings. The highest BCUT2D eigenvalue weighted by molar-refractivity contribution is 6.30.